The van der Waals surface area contributed by atoms with Crippen molar-refractivity contribution < 1.29 is 4.79 Å². The highest BCUT2D eigenvalue weighted by Crippen LogP contribution is 2.21. The first-order chi connectivity index (χ1) is 10.3. The van der Waals surface area contributed by atoms with Gasteiger partial charge in [0.2, 0.25) is 11.9 Å². The van der Waals surface area contributed by atoms with Gasteiger partial charge in [0.1, 0.15) is 0 Å². The summed E-state index contributed by atoms with van der Waals surface area (Å²) in [6.45, 7) is 2.01. The molecule has 0 fully saturated rings. The molecule has 0 aliphatic carbocycles. The Morgan fingerprint density at radius 3 is 2.57 bits per heavy atom. The summed E-state index contributed by atoms with van der Waals surface area (Å²) in [4.78, 5) is 19.9. The normalized spacial score (nSPS) is 12.2. The van der Waals surface area contributed by atoms with Crippen LogP contribution in [0.25, 0.3) is 11.0 Å². The van der Waals surface area contributed by atoms with E-state index in [0.29, 0.717) is 5.95 Å². The zero-order valence-corrected chi connectivity index (χ0v) is 11.8. The van der Waals surface area contributed by atoms with Crippen molar-refractivity contribution in [2.24, 2.45) is 0 Å². The molecule has 1 aromatic heterocycles. The van der Waals surface area contributed by atoms with Gasteiger partial charge in [0.25, 0.3) is 0 Å². The number of hydrogen-bond donors (Lipinski definition) is 2. The highest BCUT2D eigenvalue weighted by atomic mass is 16.2. The van der Waals surface area contributed by atoms with Gasteiger partial charge in [0.15, 0.2) is 0 Å². The molecule has 0 saturated carbocycles. The van der Waals surface area contributed by atoms with Crippen LogP contribution in [0.15, 0.2) is 54.6 Å². The summed E-state index contributed by atoms with van der Waals surface area (Å²) in [5.41, 5.74) is 2.79. The topological polar surface area (TPSA) is 57.8 Å². The minimum absolute atomic E-state index is 0.0391. The van der Waals surface area contributed by atoms with Crippen molar-refractivity contribution in [2.75, 3.05) is 5.32 Å². The van der Waals surface area contributed by atoms with E-state index in [9.17, 15) is 4.79 Å². The first kappa shape index (κ1) is 13.4. The molecule has 4 heteroatoms. The fourth-order valence-corrected chi connectivity index (χ4v) is 2.47. The van der Waals surface area contributed by atoms with Crippen molar-refractivity contribution in [3.8, 4) is 0 Å². The van der Waals surface area contributed by atoms with Crippen LogP contribution in [0, 0.1) is 0 Å². The van der Waals surface area contributed by atoms with Crippen molar-refractivity contribution >= 4 is 22.9 Å². The molecule has 106 valence electrons. The molecule has 4 nitrogen and oxygen atoms in total. The molecule has 2 N–H and O–H groups in total. The van der Waals surface area contributed by atoms with E-state index in [1.54, 1.807) is 0 Å². The van der Waals surface area contributed by atoms with Crippen LogP contribution in [-0.4, -0.2) is 15.9 Å². The number of carbonyl (C=O) groups excluding carboxylic acids is 1. The minimum atomic E-state index is -0.167. The maximum absolute atomic E-state index is 12.4. The Balaban J connectivity index is 1.81. The first-order valence-corrected chi connectivity index (χ1v) is 7.08. The number of carbonyl (C=O) groups is 1. The molecule has 3 rings (SSSR count). The molecule has 0 bridgehead atoms. The molecule has 1 amide bonds. The summed E-state index contributed by atoms with van der Waals surface area (Å²) in [6.07, 6.45) is 0.746. The van der Waals surface area contributed by atoms with Crippen LogP contribution in [0.2, 0.25) is 0 Å². The molecular weight excluding hydrogens is 262 g/mol. The van der Waals surface area contributed by atoms with Crippen molar-refractivity contribution in [1.29, 1.82) is 0 Å². The second kappa shape index (κ2) is 5.79. The highest BCUT2D eigenvalue weighted by Gasteiger charge is 2.19. The summed E-state index contributed by atoms with van der Waals surface area (Å²) in [5, 5.41) is 2.88. The number of hydrogen-bond acceptors (Lipinski definition) is 2. The number of benzene rings is 2. The standard InChI is InChI=1S/C17H17N3O/c1-2-13(12-8-4-3-5-9-12)16(21)20-17-18-14-10-6-7-11-15(14)19-17/h3-11,13H,2H2,1H3,(H2,18,19,20,21). The van der Waals surface area contributed by atoms with Gasteiger partial charge in [-0.25, -0.2) is 4.98 Å². The van der Waals surface area contributed by atoms with E-state index in [-0.39, 0.29) is 11.8 Å². The fourth-order valence-electron chi connectivity index (χ4n) is 2.47. The van der Waals surface area contributed by atoms with Crippen molar-refractivity contribution in [3.63, 3.8) is 0 Å². The van der Waals surface area contributed by atoms with E-state index in [1.807, 2.05) is 61.5 Å². The molecule has 0 radical (unpaired) electrons. The lowest BCUT2D eigenvalue weighted by molar-refractivity contribution is -0.117. The van der Waals surface area contributed by atoms with Crippen molar-refractivity contribution in [2.45, 2.75) is 19.3 Å². The van der Waals surface area contributed by atoms with Gasteiger partial charge in [-0.15, -0.1) is 0 Å². The number of para-hydroxylation sites is 2. The van der Waals surface area contributed by atoms with Crippen molar-refractivity contribution in [1.82, 2.24) is 9.97 Å². The van der Waals surface area contributed by atoms with E-state index in [0.717, 1.165) is 23.0 Å². The predicted octanol–water partition coefficient (Wildman–Crippen LogP) is 3.70. The Hall–Kier alpha value is -2.62. The Kier molecular flexibility index (Phi) is 3.69. The third-order valence-corrected chi connectivity index (χ3v) is 3.56. The third kappa shape index (κ3) is 2.79. The second-order valence-corrected chi connectivity index (χ2v) is 4.96. The van der Waals surface area contributed by atoms with Crippen LogP contribution in [0.4, 0.5) is 5.95 Å². The van der Waals surface area contributed by atoms with Gasteiger partial charge >= 0.3 is 0 Å². The van der Waals surface area contributed by atoms with Crippen LogP contribution in [-0.2, 0) is 4.79 Å². The van der Waals surface area contributed by atoms with Crippen LogP contribution >= 0.6 is 0 Å². The SMILES string of the molecule is CCC(C(=O)Nc1nc2ccccc2[nH]1)c1ccccc1. The lowest BCUT2D eigenvalue weighted by Crippen LogP contribution is -2.21. The van der Waals surface area contributed by atoms with Gasteiger partial charge in [-0.1, -0.05) is 49.4 Å². The Morgan fingerprint density at radius 1 is 1.14 bits per heavy atom. The largest absolute Gasteiger partial charge is 0.324 e. The number of nitrogens with zero attached hydrogens (tertiary/aromatic N) is 1. The molecule has 0 spiro atoms. The molecule has 0 aliphatic rings. The van der Waals surface area contributed by atoms with E-state index in [1.165, 1.54) is 0 Å². The van der Waals surface area contributed by atoms with Crippen LogP contribution in [0.1, 0.15) is 24.8 Å². The highest BCUT2D eigenvalue weighted by molar-refractivity contribution is 5.95. The molecule has 1 atom stereocenters. The average molecular weight is 279 g/mol. The van der Waals surface area contributed by atoms with E-state index < -0.39 is 0 Å². The number of rotatable bonds is 4. The Labute approximate surface area is 123 Å². The number of aromatic nitrogens is 2. The predicted molar refractivity (Wildman–Crippen MR) is 84.2 cm³/mol. The Morgan fingerprint density at radius 2 is 1.86 bits per heavy atom. The number of fused-ring (bicyclic) bond motifs is 1. The number of nitrogens with one attached hydrogen (secondary N) is 2. The molecular formula is C17H17N3O. The maximum Gasteiger partial charge on any atom is 0.234 e. The van der Waals surface area contributed by atoms with Gasteiger partial charge in [-0.3, -0.25) is 10.1 Å². The molecule has 1 heterocycles. The summed E-state index contributed by atoms with van der Waals surface area (Å²) in [5.74, 6) is 0.290. The lowest BCUT2D eigenvalue weighted by atomic mass is 9.96. The number of H-pyrrole nitrogens is 1. The lowest BCUT2D eigenvalue weighted by Gasteiger charge is -2.14. The molecule has 21 heavy (non-hydrogen) atoms. The molecule has 0 aliphatic heterocycles. The van der Waals surface area contributed by atoms with Crippen molar-refractivity contribution in [3.05, 3.63) is 60.2 Å². The van der Waals surface area contributed by atoms with Crippen LogP contribution in [0.5, 0.6) is 0 Å². The number of amides is 1. The quantitative estimate of drug-likeness (QED) is 0.765. The molecule has 1 unspecified atom stereocenters. The summed E-state index contributed by atoms with van der Waals surface area (Å²) in [6, 6.07) is 17.5. The van der Waals surface area contributed by atoms with Gasteiger partial charge in [-0.2, -0.15) is 0 Å². The number of aromatic amines is 1. The minimum Gasteiger partial charge on any atom is -0.324 e. The van der Waals surface area contributed by atoms with E-state index in [2.05, 4.69) is 15.3 Å². The number of imidazole rings is 1. The summed E-state index contributed by atoms with van der Waals surface area (Å²) >= 11 is 0. The Bertz CT molecular complexity index is 716. The van der Waals surface area contributed by atoms with Gasteiger partial charge in [0.05, 0.1) is 17.0 Å². The first-order valence-electron chi connectivity index (χ1n) is 7.08. The van der Waals surface area contributed by atoms with Gasteiger partial charge in [-0.05, 0) is 24.1 Å². The zero-order valence-electron chi connectivity index (χ0n) is 11.8. The molecule has 3 aromatic rings. The second-order valence-electron chi connectivity index (χ2n) is 4.96. The van der Waals surface area contributed by atoms with Crippen LogP contribution in [0.3, 0.4) is 0 Å². The zero-order chi connectivity index (χ0) is 14.7. The average Bonchev–Trinajstić information content (AvgIpc) is 2.91. The number of anilines is 1. The van der Waals surface area contributed by atoms with E-state index in [4.69, 9.17) is 0 Å². The van der Waals surface area contributed by atoms with Crippen LogP contribution < -0.4 is 5.32 Å². The van der Waals surface area contributed by atoms with Gasteiger partial charge < -0.3 is 4.98 Å². The third-order valence-electron chi connectivity index (χ3n) is 3.56. The monoisotopic (exact) mass is 279 g/mol. The van der Waals surface area contributed by atoms with E-state index >= 15 is 0 Å². The summed E-state index contributed by atoms with van der Waals surface area (Å²) < 4.78 is 0. The fraction of sp³-hybridized carbons (Fsp3) is 0.176. The molecule has 2 aromatic carbocycles. The van der Waals surface area contributed by atoms with Gasteiger partial charge in [0, 0.05) is 0 Å². The summed E-state index contributed by atoms with van der Waals surface area (Å²) in [7, 11) is 0. The molecule has 0 saturated heterocycles. The maximum atomic E-state index is 12.4. The smallest absolute Gasteiger partial charge is 0.234 e.